The van der Waals surface area contributed by atoms with Crippen LogP contribution in [0.4, 0.5) is 0 Å². The van der Waals surface area contributed by atoms with Crippen LogP contribution in [0, 0.1) is 0 Å². The lowest BCUT2D eigenvalue weighted by Gasteiger charge is -2.31. The number of aromatic nitrogens is 2. The lowest BCUT2D eigenvalue weighted by Crippen LogP contribution is -2.40. The van der Waals surface area contributed by atoms with Gasteiger partial charge >= 0.3 is 0 Å². The normalized spacial score (nSPS) is 21.9. The summed E-state index contributed by atoms with van der Waals surface area (Å²) in [5, 5.41) is 4.53. The second kappa shape index (κ2) is 5.45. The average molecular weight is 235 g/mol. The van der Waals surface area contributed by atoms with E-state index in [9.17, 15) is 4.79 Å². The lowest BCUT2D eigenvalue weighted by atomic mass is 10.0. The van der Waals surface area contributed by atoms with Crippen LogP contribution in [-0.4, -0.2) is 33.6 Å². The largest absolute Gasteiger partial charge is 0.302 e. The van der Waals surface area contributed by atoms with Gasteiger partial charge in [0.05, 0.1) is 11.7 Å². The Hall–Kier alpha value is -1.16. The predicted octanol–water partition coefficient (Wildman–Crippen LogP) is 2.02. The topological polar surface area (TPSA) is 38.1 Å². The Labute approximate surface area is 103 Å². The molecule has 94 valence electrons. The maximum atomic E-state index is 11.0. The zero-order valence-electron chi connectivity index (χ0n) is 10.7. The van der Waals surface area contributed by atoms with Gasteiger partial charge < -0.3 is 4.79 Å². The first kappa shape index (κ1) is 12.3. The molecule has 4 nitrogen and oxygen atoms in total. The third kappa shape index (κ3) is 2.94. The first-order chi connectivity index (χ1) is 8.20. The lowest BCUT2D eigenvalue weighted by molar-refractivity contribution is -0.113. The van der Waals surface area contributed by atoms with Crippen molar-refractivity contribution in [1.82, 2.24) is 14.7 Å². The summed E-state index contributed by atoms with van der Waals surface area (Å²) in [7, 11) is 0. The molecular formula is C13H21N3O. The maximum Gasteiger partial charge on any atom is 0.137 e. The molecule has 2 rings (SSSR count). The van der Waals surface area contributed by atoms with E-state index in [0.29, 0.717) is 6.04 Å². The molecular weight excluding hydrogens is 214 g/mol. The van der Waals surface area contributed by atoms with Crippen molar-refractivity contribution < 1.29 is 4.79 Å². The Kier molecular flexibility index (Phi) is 3.94. The standard InChI is InChI=1S/C13H21N3O/c1-11(2)16-8-6-12(14-16)9-15-7-4-3-5-13(15)10-17/h6,8,10-11,13H,3-5,7,9H2,1-2H3. The Morgan fingerprint density at radius 2 is 2.35 bits per heavy atom. The second-order valence-electron chi connectivity index (χ2n) is 5.05. The summed E-state index contributed by atoms with van der Waals surface area (Å²) in [5.41, 5.74) is 1.06. The third-order valence-corrected chi connectivity index (χ3v) is 3.38. The minimum atomic E-state index is 0.0907. The van der Waals surface area contributed by atoms with Gasteiger partial charge in [0.25, 0.3) is 0 Å². The number of hydrogen-bond donors (Lipinski definition) is 0. The Morgan fingerprint density at radius 3 is 3.00 bits per heavy atom. The predicted molar refractivity (Wildman–Crippen MR) is 66.7 cm³/mol. The van der Waals surface area contributed by atoms with Crippen LogP contribution in [0.1, 0.15) is 44.8 Å². The molecule has 0 N–H and O–H groups in total. The van der Waals surface area contributed by atoms with Crippen LogP contribution in [0.3, 0.4) is 0 Å². The number of likely N-dealkylation sites (tertiary alicyclic amines) is 1. The number of nitrogens with zero attached hydrogens (tertiary/aromatic N) is 3. The molecule has 4 heteroatoms. The summed E-state index contributed by atoms with van der Waals surface area (Å²) >= 11 is 0. The van der Waals surface area contributed by atoms with E-state index in [2.05, 4.69) is 29.9 Å². The Bertz CT molecular complexity index is 372. The van der Waals surface area contributed by atoms with Gasteiger partial charge in [0.1, 0.15) is 6.29 Å². The van der Waals surface area contributed by atoms with Crippen LogP contribution in [-0.2, 0) is 11.3 Å². The van der Waals surface area contributed by atoms with E-state index >= 15 is 0 Å². The van der Waals surface area contributed by atoms with Crippen molar-refractivity contribution in [3.05, 3.63) is 18.0 Å². The van der Waals surface area contributed by atoms with Gasteiger partial charge in [-0.2, -0.15) is 5.10 Å². The van der Waals surface area contributed by atoms with Gasteiger partial charge in [-0.05, 0) is 39.3 Å². The van der Waals surface area contributed by atoms with Gasteiger partial charge in [0.2, 0.25) is 0 Å². The monoisotopic (exact) mass is 235 g/mol. The van der Waals surface area contributed by atoms with Crippen LogP contribution in [0.5, 0.6) is 0 Å². The SMILES string of the molecule is CC(C)n1ccc(CN2CCCCC2C=O)n1. The van der Waals surface area contributed by atoms with Gasteiger partial charge in [-0.1, -0.05) is 6.42 Å². The molecule has 0 aliphatic carbocycles. The van der Waals surface area contributed by atoms with Crippen molar-refractivity contribution in [3.8, 4) is 0 Å². The van der Waals surface area contributed by atoms with Crippen LogP contribution in [0.2, 0.25) is 0 Å². The molecule has 0 bridgehead atoms. The summed E-state index contributed by atoms with van der Waals surface area (Å²) in [6.07, 6.45) is 6.45. The first-order valence-electron chi connectivity index (χ1n) is 6.44. The summed E-state index contributed by atoms with van der Waals surface area (Å²) in [5.74, 6) is 0. The highest BCUT2D eigenvalue weighted by Gasteiger charge is 2.22. The molecule has 1 fully saturated rings. The third-order valence-electron chi connectivity index (χ3n) is 3.38. The van der Waals surface area contributed by atoms with Crippen molar-refractivity contribution in [2.45, 2.75) is 51.7 Å². The maximum absolute atomic E-state index is 11.0. The fourth-order valence-corrected chi connectivity index (χ4v) is 2.32. The molecule has 0 aromatic carbocycles. The first-order valence-corrected chi connectivity index (χ1v) is 6.44. The summed E-state index contributed by atoms with van der Waals surface area (Å²) in [6.45, 7) is 6.04. The van der Waals surface area contributed by atoms with Crippen molar-refractivity contribution in [1.29, 1.82) is 0 Å². The van der Waals surface area contributed by atoms with E-state index in [0.717, 1.165) is 31.5 Å². The van der Waals surface area contributed by atoms with E-state index in [1.807, 2.05) is 10.9 Å². The molecule has 0 saturated carbocycles. The van der Waals surface area contributed by atoms with Crippen molar-refractivity contribution in [3.63, 3.8) is 0 Å². The van der Waals surface area contributed by atoms with Crippen LogP contribution in [0.15, 0.2) is 12.3 Å². The van der Waals surface area contributed by atoms with E-state index in [-0.39, 0.29) is 6.04 Å². The minimum Gasteiger partial charge on any atom is -0.302 e. The summed E-state index contributed by atoms with van der Waals surface area (Å²) < 4.78 is 1.97. The fourth-order valence-electron chi connectivity index (χ4n) is 2.32. The number of rotatable bonds is 4. The molecule has 0 spiro atoms. The van der Waals surface area contributed by atoms with Gasteiger partial charge in [-0.15, -0.1) is 0 Å². The van der Waals surface area contributed by atoms with Crippen LogP contribution >= 0.6 is 0 Å². The fraction of sp³-hybridized carbons (Fsp3) is 0.692. The van der Waals surface area contributed by atoms with E-state index in [4.69, 9.17) is 0 Å². The molecule has 0 radical (unpaired) electrons. The zero-order chi connectivity index (χ0) is 12.3. The zero-order valence-corrected chi connectivity index (χ0v) is 10.7. The van der Waals surface area contributed by atoms with Gasteiger partial charge in [-0.25, -0.2) is 0 Å². The molecule has 0 amide bonds. The molecule has 1 atom stereocenters. The van der Waals surface area contributed by atoms with Gasteiger partial charge in [0, 0.05) is 18.8 Å². The molecule has 2 heterocycles. The molecule has 1 saturated heterocycles. The Balaban J connectivity index is 2.00. The molecule has 1 aromatic rings. The average Bonchev–Trinajstić information content (AvgIpc) is 2.78. The van der Waals surface area contributed by atoms with E-state index in [1.165, 1.54) is 12.8 Å². The van der Waals surface area contributed by atoms with Crippen LogP contribution in [0.25, 0.3) is 0 Å². The van der Waals surface area contributed by atoms with Gasteiger partial charge in [-0.3, -0.25) is 9.58 Å². The van der Waals surface area contributed by atoms with Crippen LogP contribution < -0.4 is 0 Å². The summed E-state index contributed by atoms with van der Waals surface area (Å²) in [4.78, 5) is 13.2. The highest BCUT2D eigenvalue weighted by atomic mass is 16.1. The smallest absolute Gasteiger partial charge is 0.137 e. The Morgan fingerprint density at radius 1 is 1.53 bits per heavy atom. The number of aldehydes is 1. The molecule has 1 aliphatic heterocycles. The molecule has 1 aromatic heterocycles. The number of carbonyl (C=O) groups excluding carboxylic acids is 1. The highest BCUT2D eigenvalue weighted by molar-refractivity contribution is 5.57. The highest BCUT2D eigenvalue weighted by Crippen LogP contribution is 2.18. The molecule has 17 heavy (non-hydrogen) atoms. The number of carbonyl (C=O) groups is 1. The van der Waals surface area contributed by atoms with Crippen molar-refractivity contribution >= 4 is 6.29 Å². The summed E-state index contributed by atoms with van der Waals surface area (Å²) in [6, 6.07) is 2.54. The quantitative estimate of drug-likeness (QED) is 0.749. The molecule has 1 unspecified atom stereocenters. The minimum absolute atomic E-state index is 0.0907. The number of hydrogen-bond acceptors (Lipinski definition) is 3. The van der Waals surface area contributed by atoms with E-state index in [1.54, 1.807) is 0 Å². The second-order valence-corrected chi connectivity index (χ2v) is 5.05. The van der Waals surface area contributed by atoms with E-state index < -0.39 is 0 Å². The number of piperidine rings is 1. The molecule has 1 aliphatic rings. The van der Waals surface area contributed by atoms with Gasteiger partial charge in [0.15, 0.2) is 0 Å². The van der Waals surface area contributed by atoms with Crippen molar-refractivity contribution in [2.75, 3.05) is 6.54 Å². The van der Waals surface area contributed by atoms with Crippen molar-refractivity contribution in [2.24, 2.45) is 0 Å².